The summed E-state index contributed by atoms with van der Waals surface area (Å²) in [6.07, 6.45) is 0.776. The summed E-state index contributed by atoms with van der Waals surface area (Å²) in [6, 6.07) is 27.0. The smallest absolute Gasteiger partial charge is 0.338 e. The van der Waals surface area contributed by atoms with Crippen LogP contribution in [0.3, 0.4) is 0 Å². The van der Waals surface area contributed by atoms with Gasteiger partial charge in [0.25, 0.3) is 0 Å². The highest BCUT2D eigenvalue weighted by atomic mass is 16.5. The fourth-order valence-electron chi connectivity index (χ4n) is 2.24. The number of para-hydroxylation sites is 3. The number of ether oxygens (including phenoxy) is 3. The highest BCUT2D eigenvalue weighted by molar-refractivity contribution is 5.89. The molecule has 240 valence electrons. The fourth-order valence-corrected chi connectivity index (χ4v) is 2.24. The molecule has 3 aromatic rings. The van der Waals surface area contributed by atoms with Gasteiger partial charge in [-0.15, -0.1) is 0 Å². The molecule has 0 atom stereocenters. The zero-order chi connectivity index (χ0) is 28.6. The van der Waals surface area contributed by atoms with E-state index in [1.807, 2.05) is 51.1 Å². The van der Waals surface area contributed by atoms with Gasteiger partial charge in [-0.25, -0.2) is 9.59 Å². The molecule has 43 heavy (non-hydrogen) atoms. The Balaban J connectivity index is -0.000000159. The van der Waals surface area contributed by atoms with Crippen LogP contribution >= 0.6 is 0 Å². The van der Waals surface area contributed by atoms with Gasteiger partial charge in [0.15, 0.2) is 0 Å². The molecule has 0 saturated carbocycles. The highest BCUT2D eigenvalue weighted by Gasteiger charge is 2.27. The summed E-state index contributed by atoms with van der Waals surface area (Å²) in [7, 11) is 0. The van der Waals surface area contributed by atoms with E-state index in [-0.39, 0.29) is 53.1 Å². The molecule has 3 rings (SSSR count). The largest absolute Gasteiger partial charge is 0.426 e. The molecular weight excluding hydrogens is 544 g/mol. The lowest BCUT2D eigenvalue weighted by Gasteiger charge is -2.19. The van der Waals surface area contributed by atoms with Crippen LogP contribution < -0.4 is 14.2 Å². The van der Waals surface area contributed by atoms with Crippen molar-refractivity contribution in [3.05, 3.63) is 115 Å². The van der Waals surface area contributed by atoms with E-state index in [1.54, 1.807) is 74.5 Å². The van der Waals surface area contributed by atoms with Crippen LogP contribution in [0.15, 0.2) is 115 Å². The lowest BCUT2D eigenvalue weighted by atomic mass is 9.91. The molecule has 2 N–H and O–H groups in total. The van der Waals surface area contributed by atoms with E-state index in [2.05, 4.69) is 13.2 Å². The van der Waals surface area contributed by atoms with Gasteiger partial charge in [-0.1, -0.05) is 104 Å². The zero-order valence-electron chi connectivity index (χ0n) is 23.2. The first-order valence-corrected chi connectivity index (χ1v) is 12.1. The lowest BCUT2D eigenvalue weighted by molar-refractivity contribution is -0.144. The Hall–Kier alpha value is -4.49. The Morgan fingerprint density at radius 1 is 0.581 bits per heavy atom. The van der Waals surface area contributed by atoms with Crippen molar-refractivity contribution in [1.82, 2.24) is 0 Å². The summed E-state index contributed by atoms with van der Waals surface area (Å²) in [6.45, 7) is 15.9. The molecule has 0 aliphatic rings. The van der Waals surface area contributed by atoms with E-state index >= 15 is 0 Å². The van der Waals surface area contributed by atoms with E-state index in [0.29, 0.717) is 28.4 Å². The quantitative estimate of drug-likeness (QED) is 0.152. The summed E-state index contributed by atoms with van der Waals surface area (Å²) in [5.41, 5.74) is 0.397. The Morgan fingerprint density at radius 3 is 1.07 bits per heavy atom. The van der Waals surface area contributed by atoms with Crippen LogP contribution in [0, 0.1) is 5.41 Å². The average molecular weight is 599 g/mol. The third-order valence-electron chi connectivity index (χ3n) is 4.99. The van der Waals surface area contributed by atoms with Gasteiger partial charge >= 0.3 is 17.9 Å². The van der Waals surface area contributed by atoms with Gasteiger partial charge in [-0.2, -0.15) is 0 Å². The SMILES string of the molecule is C.C.C.C.C=C(C)C(=O)Oc1ccccc1.C=C(C)C(=O)Oc1ccccc1.CCC(C)(C)C(=O)Oc1ccccc1.O. The molecule has 0 fully saturated rings. The van der Waals surface area contributed by atoms with E-state index in [0.717, 1.165) is 6.42 Å². The Morgan fingerprint density at radius 2 is 0.837 bits per heavy atom. The number of carbonyl (C=O) groups excluding carboxylic acids is 3. The van der Waals surface area contributed by atoms with Gasteiger partial charge < -0.3 is 19.7 Å². The summed E-state index contributed by atoms with van der Waals surface area (Å²) >= 11 is 0. The van der Waals surface area contributed by atoms with E-state index in [4.69, 9.17) is 14.2 Å². The monoisotopic (exact) mass is 598 g/mol. The minimum absolute atomic E-state index is 0. The summed E-state index contributed by atoms with van der Waals surface area (Å²) < 4.78 is 15.1. The van der Waals surface area contributed by atoms with Crippen molar-refractivity contribution < 1.29 is 34.1 Å². The van der Waals surface area contributed by atoms with Gasteiger partial charge in [0, 0.05) is 11.1 Å². The molecule has 0 saturated heterocycles. The topological polar surface area (TPSA) is 110 Å². The normalized spacial score (nSPS) is 8.67. The summed E-state index contributed by atoms with van der Waals surface area (Å²) in [5, 5.41) is 0. The molecule has 0 aromatic heterocycles. The predicted molar refractivity (Wildman–Crippen MR) is 180 cm³/mol. The van der Waals surface area contributed by atoms with Crippen molar-refractivity contribution in [3.8, 4) is 17.2 Å². The number of carbonyl (C=O) groups is 3. The molecule has 0 amide bonds. The summed E-state index contributed by atoms with van der Waals surface area (Å²) in [4.78, 5) is 33.6. The van der Waals surface area contributed by atoms with Crippen molar-refractivity contribution in [2.24, 2.45) is 5.41 Å². The van der Waals surface area contributed by atoms with Crippen LogP contribution in [0.4, 0.5) is 0 Å². The van der Waals surface area contributed by atoms with Crippen molar-refractivity contribution >= 4 is 17.9 Å². The van der Waals surface area contributed by atoms with E-state index in [9.17, 15) is 14.4 Å². The maximum absolute atomic E-state index is 11.6. The highest BCUT2D eigenvalue weighted by Crippen LogP contribution is 2.23. The van der Waals surface area contributed by atoms with E-state index in [1.165, 1.54) is 0 Å². The first-order valence-electron chi connectivity index (χ1n) is 12.1. The van der Waals surface area contributed by atoms with Crippen LogP contribution in [-0.2, 0) is 14.4 Å². The minimum Gasteiger partial charge on any atom is -0.426 e. The van der Waals surface area contributed by atoms with Gasteiger partial charge in [0.1, 0.15) is 17.2 Å². The number of hydrogen-bond donors (Lipinski definition) is 0. The fraction of sp³-hybridized carbons (Fsp3) is 0.306. The minimum atomic E-state index is -0.407. The van der Waals surface area contributed by atoms with Crippen molar-refractivity contribution in [3.63, 3.8) is 0 Å². The van der Waals surface area contributed by atoms with Crippen molar-refractivity contribution in [2.45, 2.75) is 70.7 Å². The van der Waals surface area contributed by atoms with Crippen molar-refractivity contribution in [1.29, 1.82) is 0 Å². The van der Waals surface area contributed by atoms with Crippen LogP contribution in [0.1, 0.15) is 70.7 Å². The molecule has 0 spiro atoms. The Bertz CT molecular complexity index is 1120. The number of rotatable bonds is 7. The van der Waals surface area contributed by atoms with Gasteiger partial charge in [0.2, 0.25) is 0 Å². The summed E-state index contributed by atoms with van der Waals surface area (Å²) in [5.74, 6) is 0.753. The van der Waals surface area contributed by atoms with Crippen LogP contribution in [0.5, 0.6) is 17.2 Å². The molecular formula is C36H54O7. The molecule has 0 radical (unpaired) electrons. The maximum Gasteiger partial charge on any atom is 0.338 e. The Kier molecular flexibility index (Phi) is 28.3. The van der Waals surface area contributed by atoms with Gasteiger partial charge in [-0.05, 0) is 70.5 Å². The number of benzene rings is 3. The first-order chi connectivity index (χ1) is 18.0. The van der Waals surface area contributed by atoms with Crippen molar-refractivity contribution in [2.75, 3.05) is 0 Å². The second kappa shape index (κ2) is 25.2. The number of hydrogen-bond acceptors (Lipinski definition) is 6. The molecule has 0 unspecified atom stereocenters. The molecule has 7 nitrogen and oxygen atoms in total. The standard InChI is InChI=1S/C12H16O2.2C10H10O2.4CH4.H2O/c1-4-12(2,3)11(13)14-10-8-6-5-7-9-10;2*1-8(2)10(11)12-9-6-4-3-5-7-9;;;;;/h5-9H,4H2,1-3H3;2*3-7H,1H2,2H3;4*1H4;1H2. The number of esters is 3. The second-order valence-electron chi connectivity index (χ2n) is 8.91. The molecule has 0 heterocycles. The zero-order valence-corrected chi connectivity index (χ0v) is 23.2. The maximum atomic E-state index is 11.6. The Labute approximate surface area is 260 Å². The molecule has 3 aromatic carbocycles. The predicted octanol–water partition coefficient (Wildman–Crippen LogP) is 9.08. The first kappa shape index (κ1) is 48.3. The van der Waals surface area contributed by atoms with Crippen LogP contribution in [0.2, 0.25) is 0 Å². The molecule has 7 heteroatoms. The average Bonchev–Trinajstić information content (AvgIpc) is 2.91. The molecule has 0 aliphatic carbocycles. The molecule has 0 aliphatic heterocycles. The van der Waals surface area contributed by atoms with E-state index < -0.39 is 5.41 Å². The van der Waals surface area contributed by atoms with Crippen LogP contribution in [-0.4, -0.2) is 23.4 Å². The second-order valence-corrected chi connectivity index (χ2v) is 8.91. The van der Waals surface area contributed by atoms with Crippen LogP contribution in [0.25, 0.3) is 0 Å². The lowest BCUT2D eigenvalue weighted by Crippen LogP contribution is -2.28. The van der Waals surface area contributed by atoms with Gasteiger partial charge in [0.05, 0.1) is 5.41 Å². The molecule has 0 bridgehead atoms. The van der Waals surface area contributed by atoms with Gasteiger partial charge in [-0.3, -0.25) is 4.79 Å². The third-order valence-corrected chi connectivity index (χ3v) is 4.99. The third kappa shape index (κ3) is 20.1.